The number of benzene rings is 1. The Morgan fingerprint density at radius 1 is 1.17 bits per heavy atom. The number of hydrogen-bond acceptors (Lipinski definition) is 3. The first-order valence-corrected chi connectivity index (χ1v) is 10.7. The normalized spacial score (nSPS) is 12.3. The minimum Gasteiger partial charge on any atom is -0.293 e. The van der Waals surface area contributed by atoms with Crippen LogP contribution >= 0.6 is 11.8 Å². The molecular formula is C21H24F3N3OS. The van der Waals surface area contributed by atoms with Gasteiger partial charge in [0.05, 0.1) is 5.56 Å². The molecule has 2 heterocycles. The molecule has 3 aromatic rings. The van der Waals surface area contributed by atoms with Gasteiger partial charge in [0, 0.05) is 23.2 Å². The van der Waals surface area contributed by atoms with Crippen LogP contribution in [-0.4, -0.2) is 20.4 Å². The molecule has 0 spiro atoms. The van der Waals surface area contributed by atoms with Crippen LogP contribution in [0, 0.1) is 6.92 Å². The predicted octanol–water partition coefficient (Wildman–Crippen LogP) is 5.65. The van der Waals surface area contributed by atoms with Crippen LogP contribution in [0.1, 0.15) is 49.4 Å². The van der Waals surface area contributed by atoms with Crippen LogP contribution in [0.25, 0.3) is 16.9 Å². The molecule has 0 bridgehead atoms. The minimum atomic E-state index is -4.56. The van der Waals surface area contributed by atoms with Crippen LogP contribution in [0.5, 0.6) is 0 Å². The number of rotatable bonds is 5. The van der Waals surface area contributed by atoms with Crippen molar-refractivity contribution in [3.63, 3.8) is 0 Å². The van der Waals surface area contributed by atoms with Crippen molar-refractivity contribution in [1.29, 1.82) is 0 Å². The van der Waals surface area contributed by atoms with Gasteiger partial charge in [0.25, 0.3) is 5.56 Å². The third-order valence-corrected chi connectivity index (χ3v) is 6.13. The number of thioether (sulfide) groups is 1. The van der Waals surface area contributed by atoms with Gasteiger partial charge in [0.1, 0.15) is 5.52 Å². The first-order valence-electron chi connectivity index (χ1n) is 9.48. The molecule has 0 N–H and O–H groups in total. The zero-order valence-corrected chi connectivity index (χ0v) is 17.9. The number of halogens is 3. The number of fused-ring (bicyclic) bond motifs is 1. The number of alkyl halides is 3. The Morgan fingerprint density at radius 3 is 2.38 bits per heavy atom. The summed E-state index contributed by atoms with van der Waals surface area (Å²) in [7, 11) is 1.48. The molecule has 2 aromatic heterocycles. The molecule has 0 saturated carbocycles. The van der Waals surface area contributed by atoms with Gasteiger partial charge in [-0.15, -0.1) is 16.9 Å². The van der Waals surface area contributed by atoms with Gasteiger partial charge >= 0.3 is 6.18 Å². The second kappa shape index (κ2) is 7.89. The van der Waals surface area contributed by atoms with Crippen molar-refractivity contribution in [2.75, 3.05) is 6.26 Å². The van der Waals surface area contributed by atoms with Crippen molar-refractivity contribution < 1.29 is 13.2 Å². The maximum absolute atomic E-state index is 13.7. The van der Waals surface area contributed by atoms with Crippen LogP contribution in [0.4, 0.5) is 13.2 Å². The Morgan fingerprint density at radius 2 is 1.83 bits per heavy atom. The number of aromatic nitrogens is 3. The molecule has 0 unspecified atom stereocenters. The molecule has 0 atom stereocenters. The highest BCUT2D eigenvalue weighted by atomic mass is 32.2. The Hall–Kier alpha value is -2.22. The summed E-state index contributed by atoms with van der Waals surface area (Å²) in [5.74, 6) is 0.197. The number of hydrogen-bond donors (Lipinski definition) is 0. The first kappa shape index (κ1) is 21.5. The lowest BCUT2D eigenvalue weighted by atomic mass is 9.95. The van der Waals surface area contributed by atoms with Gasteiger partial charge in [-0.05, 0) is 61.8 Å². The molecule has 3 rings (SSSR count). The molecule has 1 aromatic carbocycles. The van der Waals surface area contributed by atoms with Crippen LogP contribution in [0.3, 0.4) is 0 Å². The molecule has 0 fully saturated rings. The molecule has 0 saturated heterocycles. The summed E-state index contributed by atoms with van der Waals surface area (Å²) >= 11 is 1.23. The molecule has 156 valence electrons. The second-order valence-electron chi connectivity index (χ2n) is 7.11. The predicted molar refractivity (Wildman–Crippen MR) is 111 cm³/mol. The summed E-state index contributed by atoms with van der Waals surface area (Å²) in [6.07, 6.45) is -1.10. The molecule has 0 amide bonds. The van der Waals surface area contributed by atoms with Gasteiger partial charge in [0.15, 0.2) is 5.82 Å². The first-order chi connectivity index (χ1) is 13.6. The van der Waals surface area contributed by atoms with E-state index in [9.17, 15) is 18.0 Å². The highest BCUT2D eigenvalue weighted by molar-refractivity contribution is 7.98. The monoisotopic (exact) mass is 423 g/mol. The number of aryl methyl sites for hydroxylation is 1. The molecule has 0 aliphatic carbocycles. The van der Waals surface area contributed by atoms with Gasteiger partial charge in [-0.1, -0.05) is 13.8 Å². The fraction of sp³-hybridized carbons (Fsp3) is 0.429. The van der Waals surface area contributed by atoms with Crippen LogP contribution in [0.2, 0.25) is 0 Å². The summed E-state index contributed by atoms with van der Waals surface area (Å²) < 4.78 is 44.0. The van der Waals surface area contributed by atoms with Gasteiger partial charge < -0.3 is 0 Å². The summed E-state index contributed by atoms with van der Waals surface area (Å²) in [6, 6.07) is 6.04. The van der Waals surface area contributed by atoms with E-state index in [1.165, 1.54) is 34.0 Å². The molecule has 0 aliphatic heterocycles. The van der Waals surface area contributed by atoms with Gasteiger partial charge in [0.2, 0.25) is 0 Å². The fourth-order valence-electron chi connectivity index (χ4n) is 3.77. The average Bonchev–Trinajstić information content (AvgIpc) is 3.01. The standard InChI is InChI=1S/C21H24F3N3OS/c1-6-13(7-2)16-10-12(3)27-18(16)20(28)26(4)19(25-27)15-9-8-14(29-5)11-17(15)21(22,23)24/h8-11,13H,6-7H2,1-5H3. The highest BCUT2D eigenvalue weighted by Gasteiger charge is 2.35. The summed E-state index contributed by atoms with van der Waals surface area (Å²) in [5.41, 5.74) is 0.838. The number of nitrogens with zero attached hydrogens (tertiary/aromatic N) is 3. The zero-order valence-electron chi connectivity index (χ0n) is 17.1. The maximum atomic E-state index is 13.7. The fourth-order valence-corrected chi connectivity index (χ4v) is 4.21. The second-order valence-corrected chi connectivity index (χ2v) is 7.99. The summed E-state index contributed by atoms with van der Waals surface area (Å²) in [6.45, 7) is 5.93. The molecule has 29 heavy (non-hydrogen) atoms. The van der Waals surface area contributed by atoms with E-state index in [2.05, 4.69) is 18.9 Å². The molecular weight excluding hydrogens is 399 g/mol. The smallest absolute Gasteiger partial charge is 0.293 e. The van der Waals surface area contributed by atoms with E-state index in [0.717, 1.165) is 30.2 Å². The van der Waals surface area contributed by atoms with Gasteiger partial charge in [-0.3, -0.25) is 9.36 Å². The van der Waals surface area contributed by atoms with E-state index in [1.807, 2.05) is 13.0 Å². The average molecular weight is 424 g/mol. The molecule has 8 heteroatoms. The van der Waals surface area contributed by atoms with Crippen molar-refractivity contribution in [2.45, 2.75) is 50.6 Å². The largest absolute Gasteiger partial charge is 0.417 e. The molecule has 0 radical (unpaired) electrons. The van der Waals surface area contributed by atoms with Crippen molar-refractivity contribution in [2.24, 2.45) is 7.05 Å². The SMILES string of the molecule is CCC(CC)c1cc(C)n2nc(-c3ccc(SC)cc3C(F)(F)F)n(C)c(=O)c12. The topological polar surface area (TPSA) is 39.3 Å². The van der Waals surface area contributed by atoms with Crippen LogP contribution in [0.15, 0.2) is 34.0 Å². The lowest BCUT2D eigenvalue weighted by Crippen LogP contribution is -2.25. The van der Waals surface area contributed by atoms with E-state index in [4.69, 9.17) is 0 Å². The Balaban J connectivity index is 2.36. The summed E-state index contributed by atoms with van der Waals surface area (Å²) in [4.78, 5) is 13.7. The lowest BCUT2D eigenvalue weighted by molar-refractivity contribution is -0.137. The van der Waals surface area contributed by atoms with E-state index < -0.39 is 11.7 Å². The zero-order chi connectivity index (χ0) is 21.5. The van der Waals surface area contributed by atoms with E-state index in [0.29, 0.717) is 10.4 Å². The van der Waals surface area contributed by atoms with E-state index in [1.54, 1.807) is 12.3 Å². The van der Waals surface area contributed by atoms with Gasteiger partial charge in [-0.25, -0.2) is 4.52 Å². The van der Waals surface area contributed by atoms with E-state index in [-0.39, 0.29) is 22.9 Å². The van der Waals surface area contributed by atoms with Crippen molar-refractivity contribution >= 4 is 17.3 Å². The van der Waals surface area contributed by atoms with Crippen molar-refractivity contribution in [1.82, 2.24) is 14.2 Å². The lowest BCUT2D eigenvalue weighted by Gasteiger charge is -2.17. The Bertz CT molecular complexity index is 1110. The summed E-state index contributed by atoms with van der Waals surface area (Å²) in [5, 5.41) is 4.48. The highest BCUT2D eigenvalue weighted by Crippen LogP contribution is 2.38. The third-order valence-electron chi connectivity index (χ3n) is 5.40. The quantitative estimate of drug-likeness (QED) is 0.498. The third kappa shape index (κ3) is 3.70. The van der Waals surface area contributed by atoms with Crippen molar-refractivity contribution in [3.05, 3.63) is 51.4 Å². The Labute approximate surface area is 171 Å². The van der Waals surface area contributed by atoms with Crippen LogP contribution < -0.4 is 5.56 Å². The van der Waals surface area contributed by atoms with E-state index >= 15 is 0 Å². The Kier molecular flexibility index (Phi) is 5.85. The molecule has 0 aliphatic rings. The maximum Gasteiger partial charge on any atom is 0.417 e. The van der Waals surface area contributed by atoms with Gasteiger partial charge in [-0.2, -0.15) is 13.2 Å². The minimum absolute atomic E-state index is 0.00252. The molecule has 4 nitrogen and oxygen atoms in total. The van der Waals surface area contributed by atoms with Crippen molar-refractivity contribution in [3.8, 4) is 11.4 Å². The van der Waals surface area contributed by atoms with Crippen LogP contribution in [-0.2, 0) is 13.2 Å².